The van der Waals surface area contributed by atoms with Crippen molar-refractivity contribution in [2.75, 3.05) is 5.43 Å². The van der Waals surface area contributed by atoms with E-state index in [-0.39, 0.29) is 10.7 Å². The number of alkyl halides is 3. The van der Waals surface area contributed by atoms with Crippen molar-refractivity contribution >= 4 is 23.5 Å². The van der Waals surface area contributed by atoms with Crippen molar-refractivity contribution in [1.29, 1.82) is 0 Å². The maximum atomic E-state index is 12.9. The van der Waals surface area contributed by atoms with Crippen molar-refractivity contribution in [2.24, 2.45) is 5.10 Å². The second-order valence-electron chi connectivity index (χ2n) is 4.12. The molecule has 2 nitrogen and oxygen atoms in total. The van der Waals surface area contributed by atoms with Gasteiger partial charge in [0.05, 0.1) is 22.5 Å². The molecule has 0 unspecified atom stereocenters. The van der Waals surface area contributed by atoms with Gasteiger partial charge in [-0.25, -0.2) is 4.39 Å². The van der Waals surface area contributed by atoms with Crippen LogP contribution in [0.25, 0.3) is 0 Å². The molecule has 0 atom stereocenters. The van der Waals surface area contributed by atoms with E-state index in [1.165, 1.54) is 24.4 Å². The molecule has 1 N–H and O–H groups in total. The predicted octanol–water partition coefficient (Wildman–Crippen LogP) is 4.94. The molecule has 0 bridgehead atoms. The highest BCUT2D eigenvalue weighted by atomic mass is 35.5. The van der Waals surface area contributed by atoms with Crippen LogP contribution in [0.3, 0.4) is 0 Å². The minimum Gasteiger partial charge on any atom is -0.277 e. The summed E-state index contributed by atoms with van der Waals surface area (Å²) in [6.45, 7) is 0. The van der Waals surface area contributed by atoms with Crippen molar-refractivity contribution in [3.63, 3.8) is 0 Å². The minimum absolute atomic E-state index is 0.0131. The van der Waals surface area contributed by atoms with Gasteiger partial charge in [0, 0.05) is 0 Å². The highest BCUT2D eigenvalue weighted by Crippen LogP contribution is 2.33. The number of hydrogen-bond acceptors (Lipinski definition) is 2. The third kappa shape index (κ3) is 4.19. The molecule has 0 fully saturated rings. The number of benzene rings is 2. The predicted molar refractivity (Wildman–Crippen MR) is 74.1 cm³/mol. The highest BCUT2D eigenvalue weighted by Gasteiger charge is 2.30. The van der Waals surface area contributed by atoms with Gasteiger partial charge in [0.15, 0.2) is 0 Å². The maximum Gasteiger partial charge on any atom is 0.416 e. The quantitative estimate of drug-likeness (QED) is 0.484. The van der Waals surface area contributed by atoms with Crippen LogP contribution >= 0.6 is 11.6 Å². The highest BCUT2D eigenvalue weighted by molar-refractivity contribution is 6.33. The van der Waals surface area contributed by atoms with Gasteiger partial charge in [0.25, 0.3) is 0 Å². The Labute approximate surface area is 123 Å². The second-order valence-corrected chi connectivity index (χ2v) is 4.52. The molecule has 7 heteroatoms. The Hall–Kier alpha value is -2.08. The molecule has 2 rings (SSSR count). The van der Waals surface area contributed by atoms with E-state index in [1.807, 2.05) is 0 Å². The second kappa shape index (κ2) is 6.13. The largest absolute Gasteiger partial charge is 0.416 e. The van der Waals surface area contributed by atoms with Crippen LogP contribution in [0.5, 0.6) is 0 Å². The summed E-state index contributed by atoms with van der Waals surface area (Å²) in [6, 6.07) is 8.46. The first kappa shape index (κ1) is 15.3. The minimum atomic E-state index is -4.46. The summed E-state index contributed by atoms with van der Waals surface area (Å²) in [5.41, 5.74) is 2.05. The molecule has 2 aromatic carbocycles. The fraction of sp³-hybridized carbons (Fsp3) is 0.0714. The number of rotatable bonds is 3. The van der Waals surface area contributed by atoms with E-state index in [9.17, 15) is 17.6 Å². The van der Waals surface area contributed by atoms with Crippen LogP contribution < -0.4 is 5.43 Å². The lowest BCUT2D eigenvalue weighted by atomic mass is 10.2. The maximum absolute atomic E-state index is 12.9. The van der Waals surface area contributed by atoms with Gasteiger partial charge in [0.2, 0.25) is 0 Å². The van der Waals surface area contributed by atoms with Gasteiger partial charge in [-0.3, -0.25) is 5.43 Å². The van der Waals surface area contributed by atoms with E-state index in [4.69, 9.17) is 11.6 Å². The fourth-order valence-electron chi connectivity index (χ4n) is 1.55. The Balaban J connectivity index is 2.16. The molecule has 0 aliphatic carbocycles. The lowest BCUT2D eigenvalue weighted by Gasteiger charge is -2.09. The number of halogens is 5. The molecule has 0 aliphatic heterocycles. The first-order valence-electron chi connectivity index (χ1n) is 5.77. The van der Waals surface area contributed by atoms with Gasteiger partial charge < -0.3 is 0 Å². The van der Waals surface area contributed by atoms with E-state index in [0.29, 0.717) is 5.56 Å². The summed E-state index contributed by atoms with van der Waals surface area (Å²) in [7, 11) is 0. The summed E-state index contributed by atoms with van der Waals surface area (Å²) in [6.07, 6.45) is -3.19. The number of hydrazone groups is 1. The molecule has 0 aliphatic rings. The fourth-order valence-corrected chi connectivity index (χ4v) is 1.71. The Morgan fingerprint density at radius 2 is 1.86 bits per heavy atom. The molecular formula is C14H9ClF4N2. The van der Waals surface area contributed by atoms with Gasteiger partial charge in [-0.1, -0.05) is 23.7 Å². The van der Waals surface area contributed by atoms with Gasteiger partial charge in [-0.2, -0.15) is 18.3 Å². The zero-order valence-electron chi connectivity index (χ0n) is 10.5. The Morgan fingerprint density at radius 1 is 1.10 bits per heavy atom. The molecule has 0 saturated carbocycles. The molecule has 110 valence electrons. The van der Waals surface area contributed by atoms with Crippen LogP contribution in [0.15, 0.2) is 47.6 Å². The van der Waals surface area contributed by atoms with E-state index < -0.39 is 17.6 Å². The summed E-state index contributed by atoms with van der Waals surface area (Å²) in [5.74, 6) is -0.434. The SMILES string of the molecule is Fc1cccc(C=NNc2cc(C(F)(F)F)ccc2Cl)c1. The van der Waals surface area contributed by atoms with Crippen LogP contribution in [0.2, 0.25) is 5.02 Å². The van der Waals surface area contributed by atoms with E-state index in [0.717, 1.165) is 18.2 Å². The number of anilines is 1. The number of nitrogens with one attached hydrogen (secondary N) is 1. The molecule has 0 saturated heterocycles. The van der Waals surface area contributed by atoms with Crippen molar-refractivity contribution in [1.82, 2.24) is 0 Å². The van der Waals surface area contributed by atoms with E-state index >= 15 is 0 Å². The normalized spacial score (nSPS) is 11.9. The van der Waals surface area contributed by atoms with Gasteiger partial charge >= 0.3 is 6.18 Å². The Bertz CT molecular complexity index is 668. The third-order valence-electron chi connectivity index (χ3n) is 2.54. The zero-order chi connectivity index (χ0) is 15.5. The average molecular weight is 317 g/mol. The molecule has 0 spiro atoms. The summed E-state index contributed by atoms with van der Waals surface area (Å²) >= 11 is 5.79. The first-order valence-corrected chi connectivity index (χ1v) is 6.15. The van der Waals surface area contributed by atoms with Gasteiger partial charge in [0.1, 0.15) is 5.82 Å². The zero-order valence-corrected chi connectivity index (χ0v) is 11.2. The lowest BCUT2D eigenvalue weighted by Crippen LogP contribution is -2.05. The number of hydrogen-bond donors (Lipinski definition) is 1. The van der Waals surface area contributed by atoms with Crippen LogP contribution in [-0.2, 0) is 6.18 Å². The molecule has 0 aromatic heterocycles. The molecular weight excluding hydrogens is 308 g/mol. The van der Waals surface area contributed by atoms with Crippen LogP contribution in [0.4, 0.5) is 23.2 Å². The topological polar surface area (TPSA) is 24.4 Å². The van der Waals surface area contributed by atoms with Crippen LogP contribution in [-0.4, -0.2) is 6.21 Å². The first-order chi connectivity index (χ1) is 9.86. The van der Waals surface area contributed by atoms with E-state index in [2.05, 4.69) is 10.5 Å². The summed E-state index contributed by atoms with van der Waals surface area (Å²) in [5, 5.41) is 3.84. The Kier molecular flexibility index (Phi) is 4.47. The number of nitrogens with zero attached hydrogens (tertiary/aromatic N) is 1. The Morgan fingerprint density at radius 3 is 2.52 bits per heavy atom. The van der Waals surface area contributed by atoms with Crippen LogP contribution in [0.1, 0.15) is 11.1 Å². The summed E-state index contributed by atoms with van der Waals surface area (Å²) < 4.78 is 50.7. The van der Waals surface area contributed by atoms with Gasteiger partial charge in [-0.05, 0) is 35.9 Å². The molecule has 0 heterocycles. The summed E-state index contributed by atoms with van der Waals surface area (Å²) in [4.78, 5) is 0. The average Bonchev–Trinajstić information content (AvgIpc) is 2.39. The van der Waals surface area contributed by atoms with Crippen molar-refractivity contribution < 1.29 is 17.6 Å². The van der Waals surface area contributed by atoms with Crippen molar-refractivity contribution in [3.05, 3.63) is 64.4 Å². The van der Waals surface area contributed by atoms with Crippen LogP contribution in [0, 0.1) is 5.82 Å². The standard InChI is InChI=1S/C14H9ClF4N2/c15-12-5-4-10(14(17,18)19)7-13(12)21-20-8-9-2-1-3-11(16)6-9/h1-8,21H. The monoisotopic (exact) mass is 316 g/mol. The molecule has 21 heavy (non-hydrogen) atoms. The van der Waals surface area contributed by atoms with E-state index in [1.54, 1.807) is 6.07 Å². The smallest absolute Gasteiger partial charge is 0.277 e. The third-order valence-corrected chi connectivity index (χ3v) is 2.87. The van der Waals surface area contributed by atoms with Gasteiger partial charge in [-0.15, -0.1) is 0 Å². The molecule has 2 aromatic rings. The van der Waals surface area contributed by atoms with Crippen molar-refractivity contribution in [2.45, 2.75) is 6.18 Å². The molecule has 0 radical (unpaired) electrons. The van der Waals surface area contributed by atoms with Crippen molar-refractivity contribution in [3.8, 4) is 0 Å². The lowest BCUT2D eigenvalue weighted by molar-refractivity contribution is -0.137. The molecule has 0 amide bonds.